The predicted octanol–water partition coefficient (Wildman–Crippen LogP) is 2.80. The van der Waals surface area contributed by atoms with Crippen molar-refractivity contribution >= 4 is 17.5 Å². The van der Waals surface area contributed by atoms with Gasteiger partial charge in [0.05, 0.1) is 17.8 Å². The minimum atomic E-state index is -0.0494. The Kier molecular flexibility index (Phi) is 3.94. The van der Waals surface area contributed by atoms with Crippen molar-refractivity contribution in [3.05, 3.63) is 29.0 Å². The molecule has 2 fully saturated rings. The zero-order valence-corrected chi connectivity index (χ0v) is 12.2. The van der Waals surface area contributed by atoms with Gasteiger partial charge in [-0.15, -0.1) is 0 Å². The monoisotopic (exact) mass is 294 g/mol. The standard InChI is InChI=1S/C15H19ClN2O2/c16-13-4-1-3-12(17-13)11-18-9-8-15(6-2-10-20-15)7-5-14(18)19/h1,3-4H,2,5-11H2/t15-/m0/s1. The fourth-order valence-electron chi connectivity index (χ4n) is 3.13. The van der Waals surface area contributed by atoms with E-state index in [4.69, 9.17) is 16.3 Å². The minimum absolute atomic E-state index is 0.0494. The molecule has 3 heterocycles. The number of hydrogen-bond acceptors (Lipinski definition) is 3. The van der Waals surface area contributed by atoms with E-state index in [1.165, 1.54) is 0 Å². The van der Waals surface area contributed by atoms with Crippen LogP contribution in [0.1, 0.15) is 37.8 Å². The molecule has 2 aliphatic rings. The number of likely N-dealkylation sites (tertiary alicyclic amines) is 1. The maximum atomic E-state index is 12.3. The van der Waals surface area contributed by atoms with Gasteiger partial charge in [0, 0.05) is 19.6 Å². The summed E-state index contributed by atoms with van der Waals surface area (Å²) in [5.74, 6) is 0.194. The molecule has 1 aromatic rings. The van der Waals surface area contributed by atoms with Crippen LogP contribution in [0.4, 0.5) is 0 Å². The highest BCUT2D eigenvalue weighted by atomic mass is 35.5. The molecule has 0 bridgehead atoms. The number of aromatic nitrogens is 1. The molecular formula is C15H19ClN2O2. The average Bonchev–Trinajstić information content (AvgIpc) is 2.84. The van der Waals surface area contributed by atoms with Gasteiger partial charge in [0.2, 0.25) is 5.91 Å². The van der Waals surface area contributed by atoms with Gasteiger partial charge in [0.1, 0.15) is 5.15 Å². The number of rotatable bonds is 2. The van der Waals surface area contributed by atoms with E-state index in [-0.39, 0.29) is 11.5 Å². The summed E-state index contributed by atoms with van der Waals surface area (Å²) < 4.78 is 5.91. The molecule has 20 heavy (non-hydrogen) atoms. The molecule has 1 aromatic heterocycles. The third kappa shape index (κ3) is 2.96. The van der Waals surface area contributed by atoms with E-state index in [1.807, 2.05) is 17.0 Å². The second-order valence-corrected chi connectivity index (χ2v) is 6.04. The van der Waals surface area contributed by atoms with Crippen LogP contribution in [0.2, 0.25) is 5.15 Å². The van der Waals surface area contributed by atoms with E-state index in [1.54, 1.807) is 6.07 Å². The highest BCUT2D eigenvalue weighted by molar-refractivity contribution is 6.29. The summed E-state index contributed by atoms with van der Waals surface area (Å²) in [7, 11) is 0. The van der Waals surface area contributed by atoms with Crippen LogP contribution in [0.5, 0.6) is 0 Å². The van der Waals surface area contributed by atoms with Gasteiger partial charge in [-0.3, -0.25) is 4.79 Å². The summed E-state index contributed by atoms with van der Waals surface area (Å²) in [6.45, 7) is 2.12. The number of amides is 1. The van der Waals surface area contributed by atoms with Crippen LogP contribution in [0.15, 0.2) is 18.2 Å². The Morgan fingerprint density at radius 3 is 3.00 bits per heavy atom. The van der Waals surface area contributed by atoms with Crippen LogP contribution in [-0.4, -0.2) is 34.5 Å². The first kappa shape index (κ1) is 13.8. The Hall–Kier alpha value is -1.13. The second-order valence-electron chi connectivity index (χ2n) is 5.65. The number of carbonyl (C=O) groups excluding carboxylic acids is 1. The highest BCUT2D eigenvalue weighted by Crippen LogP contribution is 2.36. The summed E-state index contributed by atoms with van der Waals surface area (Å²) in [6, 6.07) is 5.52. The normalized spacial score (nSPS) is 27.1. The Morgan fingerprint density at radius 1 is 1.35 bits per heavy atom. The smallest absolute Gasteiger partial charge is 0.223 e. The van der Waals surface area contributed by atoms with Crippen molar-refractivity contribution in [2.45, 2.75) is 44.2 Å². The summed E-state index contributed by atoms with van der Waals surface area (Å²) in [5, 5.41) is 0.473. The molecular weight excluding hydrogens is 276 g/mol. The van der Waals surface area contributed by atoms with Crippen molar-refractivity contribution in [3.8, 4) is 0 Å². The van der Waals surface area contributed by atoms with Crippen LogP contribution in [0, 0.1) is 0 Å². The number of hydrogen-bond donors (Lipinski definition) is 0. The van der Waals surface area contributed by atoms with Gasteiger partial charge in [-0.1, -0.05) is 17.7 Å². The molecule has 4 nitrogen and oxygen atoms in total. The largest absolute Gasteiger partial charge is 0.375 e. The quantitative estimate of drug-likeness (QED) is 0.788. The maximum Gasteiger partial charge on any atom is 0.223 e. The van der Waals surface area contributed by atoms with Crippen molar-refractivity contribution in [3.63, 3.8) is 0 Å². The molecule has 108 valence electrons. The lowest BCUT2D eigenvalue weighted by molar-refractivity contribution is -0.131. The molecule has 0 unspecified atom stereocenters. The predicted molar refractivity (Wildman–Crippen MR) is 76.4 cm³/mol. The van der Waals surface area contributed by atoms with Crippen molar-refractivity contribution in [1.29, 1.82) is 0 Å². The average molecular weight is 295 g/mol. The van der Waals surface area contributed by atoms with Crippen molar-refractivity contribution in [2.75, 3.05) is 13.2 Å². The number of carbonyl (C=O) groups is 1. The fourth-order valence-corrected chi connectivity index (χ4v) is 3.31. The first-order chi connectivity index (χ1) is 9.67. The van der Waals surface area contributed by atoms with E-state index in [9.17, 15) is 4.79 Å². The fraction of sp³-hybridized carbons (Fsp3) is 0.600. The van der Waals surface area contributed by atoms with Crippen LogP contribution < -0.4 is 0 Å². The first-order valence-corrected chi connectivity index (χ1v) is 7.58. The van der Waals surface area contributed by atoms with Gasteiger partial charge in [-0.05, 0) is 37.8 Å². The number of nitrogens with zero attached hydrogens (tertiary/aromatic N) is 2. The summed E-state index contributed by atoms with van der Waals surface area (Å²) in [4.78, 5) is 18.4. The molecule has 0 saturated carbocycles. The SMILES string of the molecule is O=C1CC[C@@]2(CCCO2)CCN1Cc1cccc(Cl)n1. The summed E-state index contributed by atoms with van der Waals surface area (Å²) in [6.07, 6.45) is 4.55. The molecule has 0 aromatic carbocycles. The van der Waals surface area contributed by atoms with Crippen LogP contribution in [0.25, 0.3) is 0 Å². The Labute approximate surface area is 124 Å². The lowest BCUT2D eigenvalue weighted by Gasteiger charge is -2.26. The molecule has 0 aliphatic carbocycles. The van der Waals surface area contributed by atoms with Gasteiger partial charge in [-0.2, -0.15) is 0 Å². The first-order valence-electron chi connectivity index (χ1n) is 7.20. The number of halogens is 1. The molecule has 0 N–H and O–H groups in total. The highest BCUT2D eigenvalue weighted by Gasteiger charge is 2.38. The van der Waals surface area contributed by atoms with Crippen LogP contribution >= 0.6 is 11.6 Å². The Bertz CT molecular complexity index is 500. The van der Waals surface area contributed by atoms with E-state index < -0.39 is 0 Å². The molecule has 0 radical (unpaired) electrons. The Morgan fingerprint density at radius 2 is 2.25 bits per heavy atom. The van der Waals surface area contributed by atoms with Crippen LogP contribution in [-0.2, 0) is 16.1 Å². The second kappa shape index (κ2) is 5.70. The lowest BCUT2D eigenvalue weighted by atomic mass is 9.92. The third-order valence-corrected chi connectivity index (χ3v) is 4.51. The third-order valence-electron chi connectivity index (χ3n) is 4.30. The topological polar surface area (TPSA) is 42.4 Å². The number of ether oxygens (including phenoxy) is 1. The van der Waals surface area contributed by atoms with Gasteiger partial charge in [0.25, 0.3) is 0 Å². The molecule has 3 rings (SSSR count). The minimum Gasteiger partial charge on any atom is -0.375 e. The Balaban J connectivity index is 1.69. The van der Waals surface area contributed by atoms with Crippen molar-refractivity contribution in [2.24, 2.45) is 0 Å². The molecule has 5 heteroatoms. The van der Waals surface area contributed by atoms with Gasteiger partial charge in [-0.25, -0.2) is 4.98 Å². The summed E-state index contributed by atoms with van der Waals surface area (Å²) >= 11 is 5.90. The lowest BCUT2D eigenvalue weighted by Crippen LogP contribution is -2.32. The maximum absolute atomic E-state index is 12.3. The van der Waals surface area contributed by atoms with Crippen LogP contribution in [0.3, 0.4) is 0 Å². The van der Waals surface area contributed by atoms with E-state index in [2.05, 4.69) is 4.98 Å². The van der Waals surface area contributed by atoms with Crippen molar-refractivity contribution < 1.29 is 9.53 Å². The zero-order chi connectivity index (χ0) is 14.0. The van der Waals surface area contributed by atoms with Gasteiger partial charge in [0.15, 0.2) is 0 Å². The van der Waals surface area contributed by atoms with E-state index in [0.29, 0.717) is 18.1 Å². The molecule has 2 aliphatic heterocycles. The summed E-state index contributed by atoms with van der Waals surface area (Å²) in [5.41, 5.74) is 0.792. The van der Waals surface area contributed by atoms with Gasteiger partial charge >= 0.3 is 0 Å². The zero-order valence-electron chi connectivity index (χ0n) is 11.5. The van der Waals surface area contributed by atoms with Crippen molar-refractivity contribution in [1.82, 2.24) is 9.88 Å². The van der Waals surface area contributed by atoms with E-state index in [0.717, 1.165) is 44.5 Å². The number of pyridine rings is 1. The molecule has 1 amide bonds. The van der Waals surface area contributed by atoms with Gasteiger partial charge < -0.3 is 9.64 Å². The molecule has 1 atom stereocenters. The molecule has 2 saturated heterocycles. The van der Waals surface area contributed by atoms with E-state index >= 15 is 0 Å². The molecule has 1 spiro atoms.